The first-order valence-corrected chi connectivity index (χ1v) is 4.24. The maximum atomic E-state index is 12.7. The Bertz CT molecular complexity index is 321. The number of benzene rings is 1. The van der Waals surface area contributed by atoms with E-state index in [1.165, 1.54) is 12.1 Å². The fourth-order valence-electron chi connectivity index (χ4n) is 0.975. The first-order valence-electron chi connectivity index (χ1n) is 3.87. The minimum absolute atomic E-state index is 0.518. The Balaban J connectivity index is 2.68. The molecule has 1 aromatic carbocycles. The van der Waals surface area contributed by atoms with Crippen LogP contribution in [0, 0.1) is 11.6 Å². The molecule has 1 rings (SSSR count). The van der Waals surface area contributed by atoms with Gasteiger partial charge < -0.3 is 0 Å². The van der Waals surface area contributed by atoms with Crippen LogP contribution in [0.15, 0.2) is 29.8 Å². The van der Waals surface area contributed by atoms with Crippen LogP contribution in [-0.4, -0.2) is 0 Å². The number of hydrogen-bond donors (Lipinski definition) is 0. The van der Waals surface area contributed by atoms with Crippen molar-refractivity contribution in [3.8, 4) is 0 Å². The third kappa shape index (κ3) is 3.15. The van der Waals surface area contributed by atoms with Crippen molar-refractivity contribution in [3.63, 3.8) is 0 Å². The van der Waals surface area contributed by atoms with Crippen molar-refractivity contribution >= 4 is 11.6 Å². The first kappa shape index (κ1) is 10.2. The molecule has 0 atom stereocenters. The summed E-state index contributed by atoms with van der Waals surface area (Å²) in [5.74, 6) is -1.65. The van der Waals surface area contributed by atoms with Crippen LogP contribution in [-0.2, 0) is 6.42 Å². The minimum atomic E-state index is -0.826. The first-order chi connectivity index (χ1) is 6.09. The Labute approximate surface area is 80.8 Å². The van der Waals surface area contributed by atoms with Gasteiger partial charge in [0.1, 0.15) is 0 Å². The van der Waals surface area contributed by atoms with Crippen molar-refractivity contribution in [2.75, 3.05) is 0 Å². The van der Waals surface area contributed by atoms with E-state index in [0.29, 0.717) is 17.9 Å². The monoisotopic (exact) mass is 202 g/mol. The van der Waals surface area contributed by atoms with Gasteiger partial charge in [0.05, 0.1) is 0 Å². The van der Waals surface area contributed by atoms with E-state index in [9.17, 15) is 8.78 Å². The molecule has 0 saturated carbocycles. The Morgan fingerprint density at radius 1 is 1.31 bits per heavy atom. The lowest BCUT2D eigenvalue weighted by molar-refractivity contribution is 0.507. The standard InChI is InChI=1S/C10H9ClF2/c1-7(11)2-3-8-4-5-9(12)10(13)6-8/h4-6H,1-3H2. The fourth-order valence-corrected chi connectivity index (χ4v) is 1.07. The van der Waals surface area contributed by atoms with E-state index >= 15 is 0 Å². The van der Waals surface area contributed by atoms with Gasteiger partial charge in [-0.1, -0.05) is 24.2 Å². The zero-order valence-electron chi connectivity index (χ0n) is 6.99. The second-order valence-corrected chi connectivity index (χ2v) is 3.30. The Kier molecular flexibility index (Phi) is 3.43. The van der Waals surface area contributed by atoms with E-state index < -0.39 is 11.6 Å². The van der Waals surface area contributed by atoms with Gasteiger partial charge in [-0.25, -0.2) is 8.78 Å². The molecule has 0 unspecified atom stereocenters. The van der Waals surface area contributed by atoms with E-state index in [1.54, 1.807) is 0 Å². The fraction of sp³-hybridized carbons (Fsp3) is 0.200. The van der Waals surface area contributed by atoms with E-state index in [1.807, 2.05) is 0 Å². The summed E-state index contributed by atoms with van der Waals surface area (Å²) in [4.78, 5) is 0. The van der Waals surface area contributed by atoms with Gasteiger partial charge in [-0.2, -0.15) is 0 Å². The van der Waals surface area contributed by atoms with Gasteiger partial charge in [0.2, 0.25) is 0 Å². The third-order valence-electron chi connectivity index (χ3n) is 1.67. The van der Waals surface area contributed by atoms with Crippen molar-refractivity contribution < 1.29 is 8.78 Å². The molecule has 13 heavy (non-hydrogen) atoms. The smallest absolute Gasteiger partial charge is 0.159 e. The molecule has 0 aliphatic carbocycles. The summed E-state index contributed by atoms with van der Waals surface area (Å²) >= 11 is 5.54. The summed E-state index contributed by atoms with van der Waals surface area (Å²) < 4.78 is 25.2. The highest BCUT2D eigenvalue weighted by Crippen LogP contribution is 2.13. The minimum Gasteiger partial charge on any atom is -0.204 e. The van der Waals surface area contributed by atoms with Gasteiger partial charge in [-0.05, 0) is 30.5 Å². The second kappa shape index (κ2) is 4.38. The van der Waals surface area contributed by atoms with Crippen molar-refractivity contribution in [1.82, 2.24) is 0 Å². The predicted molar refractivity (Wildman–Crippen MR) is 49.7 cm³/mol. The molecule has 0 amide bonds. The number of aryl methyl sites for hydroxylation is 1. The molecule has 0 radical (unpaired) electrons. The topological polar surface area (TPSA) is 0 Å². The van der Waals surface area contributed by atoms with Gasteiger partial charge in [0, 0.05) is 5.03 Å². The molecule has 0 heterocycles. The van der Waals surface area contributed by atoms with Gasteiger partial charge in [0.15, 0.2) is 11.6 Å². The highest BCUT2D eigenvalue weighted by molar-refractivity contribution is 6.29. The molecule has 3 heteroatoms. The molecule has 0 fully saturated rings. The summed E-state index contributed by atoms with van der Waals surface area (Å²) in [7, 11) is 0. The number of halogens is 3. The normalized spacial score (nSPS) is 10.1. The van der Waals surface area contributed by atoms with Gasteiger partial charge >= 0.3 is 0 Å². The molecule has 0 nitrogen and oxygen atoms in total. The Morgan fingerprint density at radius 2 is 2.00 bits per heavy atom. The van der Waals surface area contributed by atoms with E-state index in [4.69, 9.17) is 11.6 Å². The molecular weight excluding hydrogens is 194 g/mol. The van der Waals surface area contributed by atoms with E-state index in [2.05, 4.69) is 6.58 Å². The summed E-state index contributed by atoms with van der Waals surface area (Å²) in [6.07, 6.45) is 1.16. The van der Waals surface area contributed by atoms with E-state index in [0.717, 1.165) is 11.6 Å². The van der Waals surface area contributed by atoms with Crippen molar-refractivity contribution in [2.45, 2.75) is 12.8 Å². The summed E-state index contributed by atoms with van der Waals surface area (Å²) in [6.45, 7) is 3.51. The summed E-state index contributed by atoms with van der Waals surface area (Å²) in [5.41, 5.74) is 0.723. The Hall–Kier alpha value is -0.890. The molecule has 0 aliphatic rings. The molecule has 0 aromatic heterocycles. The molecule has 1 aromatic rings. The zero-order chi connectivity index (χ0) is 9.84. The van der Waals surface area contributed by atoms with Gasteiger partial charge in [-0.3, -0.25) is 0 Å². The quantitative estimate of drug-likeness (QED) is 0.702. The summed E-state index contributed by atoms with van der Waals surface area (Å²) in [5, 5.41) is 0.518. The van der Waals surface area contributed by atoms with Crippen LogP contribution in [0.1, 0.15) is 12.0 Å². The van der Waals surface area contributed by atoms with E-state index in [-0.39, 0.29) is 0 Å². The number of rotatable bonds is 3. The van der Waals surface area contributed by atoms with Crippen molar-refractivity contribution in [3.05, 3.63) is 47.0 Å². The van der Waals surface area contributed by atoms with Gasteiger partial charge in [-0.15, -0.1) is 0 Å². The van der Waals surface area contributed by atoms with Crippen molar-refractivity contribution in [1.29, 1.82) is 0 Å². The zero-order valence-corrected chi connectivity index (χ0v) is 7.74. The van der Waals surface area contributed by atoms with Crippen LogP contribution in [0.3, 0.4) is 0 Å². The Morgan fingerprint density at radius 3 is 2.54 bits per heavy atom. The van der Waals surface area contributed by atoms with Crippen LogP contribution >= 0.6 is 11.6 Å². The molecule has 0 saturated heterocycles. The molecule has 70 valence electrons. The lowest BCUT2D eigenvalue weighted by Gasteiger charge is -2.00. The lowest BCUT2D eigenvalue weighted by atomic mass is 10.1. The molecule has 0 aliphatic heterocycles. The molecule has 0 bridgehead atoms. The van der Waals surface area contributed by atoms with Crippen molar-refractivity contribution in [2.24, 2.45) is 0 Å². The van der Waals surface area contributed by atoms with Crippen LogP contribution in [0.5, 0.6) is 0 Å². The maximum Gasteiger partial charge on any atom is 0.159 e. The lowest BCUT2D eigenvalue weighted by Crippen LogP contribution is -1.89. The highest BCUT2D eigenvalue weighted by Gasteiger charge is 2.02. The highest BCUT2D eigenvalue weighted by atomic mass is 35.5. The second-order valence-electron chi connectivity index (χ2n) is 2.77. The predicted octanol–water partition coefficient (Wildman–Crippen LogP) is 3.65. The van der Waals surface area contributed by atoms with Crippen LogP contribution in [0.2, 0.25) is 0 Å². The SMILES string of the molecule is C=C(Cl)CCc1ccc(F)c(F)c1. The maximum absolute atomic E-state index is 12.7. The van der Waals surface area contributed by atoms with Crippen LogP contribution in [0.4, 0.5) is 8.78 Å². The molecule has 0 N–H and O–H groups in total. The van der Waals surface area contributed by atoms with Gasteiger partial charge in [0.25, 0.3) is 0 Å². The molecule has 0 spiro atoms. The molecular formula is C10H9ClF2. The average Bonchev–Trinajstić information content (AvgIpc) is 2.07. The number of allylic oxidation sites excluding steroid dienone is 1. The van der Waals surface area contributed by atoms with Crippen LogP contribution in [0.25, 0.3) is 0 Å². The van der Waals surface area contributed by atoms with Crippen LogP contribution < -0.4 is 0 Å². The number of hydrogen-bond acceptors (Lipinski definition) is 0. The largest absolute Gasteiger partial charge is 0.204 e. The third-order valence-corrected chi connectivity index (χ3v) is 1.86. The summed E-state index contributed by atoms with van der Waals surface area (Å²) in [6, 6.07) is 3.83. The average molecular weight is 203 g/mol.